The minimum absolute atomic E-state index is 0.0953. The maximum atomic E-state index is 14.1. The molecule has 0 saturated carbocycles. The highest BCUT2D eigenvalue weighted by atomic mass is 32.2. The molecule has 3 rings (SSSR count). The molecule has 1 unspecified atom stereocenters. The van der Waals surface area contributed by atoms with Crippen LogP contribution in [-0.4, -0.2) is 50.0 Å². The van der Waals surface area contributed by atoms with E-state index in [9.17, 15) is 48.7 Å². The number of hydrogen-bond acceptors (Lipinski definition) is 6. The summed E-state index contributed by atoms with van der Waals surface area (Å²) >= 11 is 0. The Bertz CT molecular complexity index is 1410. The lowest BCUT2D eigenvalue weighted by Crippen LogP contribution is -2.44. The first-order valence-corrected chi connectivity index (χ1v) is 12.6. The van der Waals surface area contributed by atoms with E-state index < -0.39 is 75.4 Å². The second kappa shape index (κ2) is 10.7. The summed E-state index contributed by atoms with van der Waals surface area (Å²) < 4.78 is 130. The SMILES string of the molecule is CC(C)(OC(=O)Nc1ccc2c(c1)N(S(=O)(=O)c1cc(F)cc(C(F)(F)F)c1)CC(CCC(=O)O)O2)C(F)(F)F. The summed E-state index contributed by atoms with van der Waals surface area (Å²) in [6.45, 7) is 0.551. The Morgan fingerprint density at radius 1 is 1.10 bits per heavy atom. The lowest BCUT2D eigenvalue weighted by Gasteiger charge is -2.36. The molecule has 2 aromatic carbocycles. The zero-order valence-electron chi connectivity index (χ0n) is 20.6. The first-order chi connectivity index (χ1) is 18.2. The molecule has 1 aliphatic heterocycles. The highest BCUT2D eigenvalue weighted by Gasteiger charge is 2.51. The molecule has 1 aliphatic rings. The summed E-state index contributed by atoms with van der Waals surface area (Å²) in [6, 6.07) is 3.80. The number of benzene rings is 2. The van der Waals surface area contributed by atoms with Gasteiger partial charge in [0.15, 0.2) is 0 Å². The maximum Gasteiger partial charge on any atom is 0.427 e. The van der Waals surface area contributed by atoms with E-state index in [0.29, 0.717) is 24.2 Å². The maximum absolute atomic E-state index is 14.1. The number of fused-ring (bicyclic) bond motifs is 1. The molecule has 17 heteroatoms. The summed E-state index contributed by atoms with van der Waals surface area (Å²) in [5.41, 5.74) is -5.15. The summed E-state index contributed by atoms with van der Waals surface area (Å²) in [4.78, 5) is 22.0. The Balaban J connectivity index is 2.04. The van der Waals surface area contributed by atoms with Crippen LogP contribution in [0.2, 0.25) is 0 Å². The molecule has 1 heterocycles. The van der Waals surface area contributed by atoms with Gasteiger partial charge in [0.1, 0.15) is 17.7 Å². The molecule has 0 spiro atoms. The molecule has 0 aromatic heterocycles. The van der Waals surface area contributed by atoms with E-state index in [2.05, 4.69) is 4.74 Å². The van der Waals surface area contributed by atoms with Gasteiger partial charge in [-0.25, -0.2) is 17.6 Å². The Kier molecular flexibility index (Phi) is 8.21. The van der Waals surface area contributed by atoms with Gasteiger partial charge in [0.25, 0.3) is 10.0 Å². The molecule has 2 aromatic rings. The van der Waals surface area contributed by atoms with Crippen molar-refractivity contribution in [1.29, 1.82) is 0 Å². The van der Waals surface area contributed by atoms with Crippen LogP contribution in [0.15, 0.2) is 41.3 Å². The second-order valence-corrected chi connectivity index (χ2v) is 10.9. The molecular weight excluding hydrogens is 581 g/mol. The average Bonchev–Trinajstić information content (AvgIpc) is 2.80. The molecule has 9 nitrogen and oxygen atoms in total. The van der Waals surface area contributed by atoms with Gasteiger partial charge in [0.05, 0.1) is 22.7 Å². The van der Waals surface area contributed by atoms with Crippen LogP contribution in [-0.2, 0) is 25.7 Å². The van der Waals surface area contributed by atoms with Crippen molar-refractivity contribution in [2.24, 2.45) is 0 Å². The summed E-state index contributed by atoms with van der Waals surface area (Å²) in [5.74, 6) is -2.97. The van der Waals surface area contributed by atoms with Crippen molar-refractivity contribution in [3.05, 3.63) is 47.8 Å². The van der Waals surface area contributed by atoms with Crippen molar-refractivity contribution < 1.29 is 63.3 Å². The number of ether oxygens (including phenoxy) is 2. The fourth-order valence-corrected chi connectivity index (χ4v) is 5.04. The number of amides is 1. The van der Waals surface area contributed by atoms with Gasteiger partial charge in [-0.2, -0.15) is 26.3 Å². The number of carbonyl (C=O) groups is 2. The third kappa shape index (κ3) is 6.86. The zero-order valence-corrected chi connectivity index (χ0v) is 21.4. The van der Waals surface area contributed by atoms with Gasteiger partial charge in [0, 0.05) is 12.1 Å². The third-order valence-electron chi connectivity index (χ3n) is 5.63. The van der Waals surface area contributed by atoms with E-state index in [0.717, 1.165) is 18.2 Å². The Morgan fingerprint density at radius 3 is 2.33 bits per heavy atom. The van der Waals surface area contributed by atoms with Gasteiger partial charge in [0.2, 0.25) is 5.60 Å². The van der Waals surface area contributed by atoms with Crippen LogP contribution in [0.25, 0.3) is 0 Å². The number of nitrogens with zero attached hydrogens (tertiary/aromatic N) is 1. The van der Waals surface area contributed by atoms with E-state index in [1.165, 1.54) is 0 Å². The molecule has 0 aliphatic carbocycles. The van der Waals surface area contributed by atoms with Gasteiger partial charge in [-0.15, -0.1) is 0 Å². The quantitative estimate of drug-likeness (QED) is 0.398. The van der Waals surface area contributed by atoms with Crippen molar-refractivity contribution in [2.75, 3.05) is 16.2 Å². The van der Waals surface area contributed by atoms with Gasteiger partial charge in [-0.3, -0.25) is 14.4 Å². The van der Waals surface area contributed by atoms with Crippen LogP contribution < -0.4 is 14.4 Å². The third-order valence-corrected chi connectivity index (χ3v) is 7.39. The lowest BCUT2D eigenvalue weighted by atomic mass is 10.1. The minimum Gasteiger partial charge on any atom is -0.486 e. The number of nitrogens with one attached hydrogen (secondary N) is 1. The Morgan fingerprint density at radius 2 is 1.75 bits per heavy atom. The molecule has 40 heavy (non-hydrogen) atoms. The number of carboxylic acid groups (broad SMARTS) is 1. The number of carbonyl (C=O) groups excluding carboxylic acids is 1. The first kappa shape index (κ1) is 30.8. The topological polar surface area (TPSA) is 122 Å². The minimum atomic E-state index is -5.10. The van der Waals surface area contributed by atoms with Crippen LogP contribution in [0.3, 0.4) is 0 Å². The average molecular weight is 602 g/mol. The predicted octanol–water partition coefficient (Wildman–Crippen LogP) is 5.56. The molecule has 1 amide bonds. The number of hydrogen-bond donors (Lipinski definition) is 2. The molecule has 0 saturated heterocycles. The van der Waals surface area contributed by atoms with Gasteiger partial charge >= 0.3 is 24.4 Å². The van der Waals surface area contributed by atoms with Crippen molar-refractivity contribution >= 4 is 33.5 Å². The van der Waals surface area contributed by atoms with Crippen LogP contribution in [0, 0.1) is 5.82 Å². The Hall–Kier alpha value is -3.76. The van der Waals surface area contributed by atoms with E-state index in [4.69, 9.17) is 9.84 Å². The second-order valence-electron chi connectivity index (χ2n) is 9.09. The molecule has 220 valence electrons. The van der Waals surface area contributed by atoms with Crippen molar-refractivity contribution in [2.45, 2.75) is 55.6 Å². The smallest absolute Gasteiger partial charge is 0.427 e. The van der Waals surface area contributed by atoms with Crippen LogP contribution >= 0.6 is 0 Å². The summed E-state index contributed by atoms with van der Waals surface area (Å²) in [7, 11) is -4.97. The van der Waals surface area contributed by atoms with E-state index in [1.54, 1.807) is 0 Å². The number of rotatable bonds is 7. The number of halogens is 7. The van der Waals surface area contributed by atoms with Gasteiger partial charge in [-0.05, 0) is 56.7 Å². The highest BCUT2D eigenvalue weighted by Crippen LogP contribution is 2.41. The van der Waals surface area contributed by atoms with Gasteiger partial charge in [-0.1, -0.05) is 0 Å². The largest absolute Gasteiger partial charge is 0.486 e. The molecule has 1 atom stereocenters. The standard InChI is InChI=1S/C23H21F7N2O7S/c1-21(2,23(28,29)30)39-20(35)31-14-3-5-18-17(10-14)32(11-15(38-18)4-6-19(33)34)40(36,37)16-8-12(22(25,26)27)7-13(24)9-16/h3,5,7-10,15H,4,6,11H2,1-2H3,(H,31,35)(H,33,34). The number of alkyl halides is 6. The lowest BCUT2D eigenvalue weighted by molar-refractivity contribution is -0.242. The van der Waals surface area contributed by atoms with Crippen molar-refractivity contribution in [1.82, 2.24) is 0 Å². The van der Waals surface area contributed by atoms with E-state index in [1.807, 2.05) is 5.32 Å². The number of aliphatic carboxylic acids is 1. The number of carboxylic acids is 1. The fraction of sp³-hybridized carbons (Fsp3) is 0.391. The molecule has 2 N–H and O–H groups in total. The molecule has 0 bridgehead atoms. The van der Waals surface area contributed by atoms with E-state index in [-0.39, 0.29) is 35.7 Å². The summed E-state index contributed by atoms with van der Waals surface area (Å²) in [6.07, 6.45) is -13.4. The summed E-state index contributed by atoms with van der Waals surface area (Å²) in [5, 5.41) is 11.0. The normalized spacial score (nSPS) is 16.1. The highest BCUT2D eigenvalue weighted by molar-refractivity contribution is 7.92. The van der Waals surface area contributed by atoms with Crippen LogP contribution in [0.5, 0.6) is 5.75 Å². The van der Waals surface area contributed by atoms with Crippen molar-refractivity contribution in [3.8, 4) is 5.75 Å². The Labute approximate surface area is 222 Å². The van der Waals surface area contributed by atoms with E-state index >= 15 is 0 Å². The van der Waals surface area contributed by atoms with Crippen LogP contribution in [0.4, 0.5) is 46.9 Å². The number of anilines is 2. The first-order valence-electron chi connectivity index (χ1n) is 11.2. The molecule has 0 fully saturated rings. The van der Waals surface area contributed by atoms with Crippen molar-refractivity contribution in [3.63, 3.8) is 0 Å². The predicted molar refractivity (Wildman–Crippen MR) is 124 cm³/mol. The molecular formula is C23H21F7N2O7S. The molecule has 0 radical (unpaired) electrons. The van der Waals surface area contributed by atoms with Crippen LogP contribution in [0.1, 0.15) is 32.3 Å². The van der Waals surface area contributed by atoms with Gasteiger partial charge < -0.3 is 14.6 Å². The monoisotopic (exact) mass is 602 g/mol. The number of sulfonamides is 1. The zero-order chi connectivity index (χ0) is 30.3. The fourth-order valence-electron chi connectivity index (χ4n) is 3.49.